The molecule has 37 heavy (non-hydrogen) atoms. The highest BCUT2D eigenvalue weighted by Gasteiger charge is 2.42. The van der Waals surface area contributed by atoms with Gasteiger partial charge in [-0.1, -0.05) is 24.3 Å². The van der Waals surface area contributed by atoms with Gasteiger partial charge in [-0.05, 0) is 11.1 Å². The van der Waals surface area contributed by atoms with Crippen LogP contribution < -0.4 is 20.4 Å². The van der Waals surface area contributed by atoms with Crippen LogP contribution in [0, 0.1) is 11.6 Å². The molecule has 2 atom stereocenters. The molecule has 2 aromatic rings. The van der Waals surface area contributed by atoms with Crippen LogP contribution in [0.4, 0.5) is 25.0 Å². The summed E-state index contributed by atoms with van der Waals surface area (Å²) in [6.07, 6.45) is -1.40. The Morgan fingerprint density at radius 1 is 1.14 bits per heavy atom. The average molecular weight is 536 g/mol. The number of amides is 2. The molecule has 198 valence electrons. The van der Waals surface area contributed by atoms with Gasteiger partial charge in [0.25, 0.3) is 0 Å². The maximum Gasteiger partial charge on any atom is 0.414 e. The molecule has 0 saturated carbocycles. The summed E-state index contributed by atoms with van der Waals surface area (Å²) < 4.78 is 60.8. The number of fused-ring (bicyclic) bond motifs is 1. The minimum Gasteiger partial charge on any atom is -0.442 e. The molecule has 5 rings (SSSR count). The van der Waals surface area contributed by atoms with Crippen LogP contribution >= 0.6 is 7.60 Å². The van der Waals surface area contributed by atoms with Gasteiger partial charge >= 0.3 is 13.7 Å². The molecule has 0 spiro atoms. The fourth-order valence-electron chi connectivity index (χ4n) is 4.63. The lowest BCUT2D eigenvalue weighted by atomic mass is 10.1. The SMILES string of the molecule is CC(=O)NCC1CN(c2cc(F)c(N3CCN[C@@H](P4(=O)OCc5ccccc5CO4)C3)c(F)c2)C(=O)O1. The molecule has 3 aliphatic heterocycles. The molecule has 1 unspecified atom stereocenters. The fraction of sp³-hybridized carbons (Fsp3) is 0.417. The van der Waals surface area contributed by atoms with Gasteiger partial charge in [-0.15, -0.1) is 0 Å². The third-order valence-electron chi connectivity index (χ3n) is 6.54. The molecule has 0 aliphatic carbocycles. The Balaban J connectivity index is 1.31. The van der Waals surface area contributed by atoms with Gasteiger partial charge in [0.1, 0.15) is 17.6 Å². The van der Waals surface area contributed by atoms with Crippen LogP contribution in [0.1, 0.15) is 18.1 Å². The summed E-state index contributed by atoms with van der Waals surface area (Å²) in [4.78, 5) is 26.0. The van der Waals surface area contributed by atoms with Crippen molar-refractivity contribution in [2.75, 3.05) is 42.5 Å². The van der Waals surface area contributed by atoms with Crippen LogP contribution in [0.5, 0.6) is 0 Å². The predicted molar refractivity (Wildman–Crippen MR) is 130 cm³/mol. The standard InChI is InChI=1S/C24H27F2N4O6P/c1-15(31)28-10-19-11-30(24(32)36-19)18-8-20(25)23(21(26)9-18)29-7-6-27-22(12-29)37(33)34-13-16-4-2-3-5-17(16)14-35-37/h2-5,8-9,19,22,27H,6-7,10-14H2,1H3,(H,28,31)/t19?,22-/m0/s1. The third kappa shape index (κ3) is 5.33. The summed E-state index contributed by atoms with van der Waals surface area (Å²) >= 11 is 0. The van der Waals surface area contributed by atoms with E-state index in [0.717, 1.165) is 28.2 Å². The van der Waals surface area contributed by atoms with E-state index < -0.39 is 37.2 Å². The minimum absolute atomic E-state index is 0.00162. The van der Waals surface area contributed by atoms with Crippen molar-refractivity contribution in [3.8, 4) is 0 Å². The molecule has 10 nitrogen and oxygen atoms in total. The highest BCUT2D eigenvalue weighted by atomic mass is 31.2. The first-order chi connectivity index (χ1) is 17.7. The summed E-state index contributed by atoms with van der Waals surface area (Å²) in [7, 11) is -3.66. The lowest BCUT2D eigenvalue weighted by Gasteiger charge is -2.37. The highest BCUT2D eigenvalue weighted by molar-refractivity contribution is 7.54. The molecular weight excluding hydrogens is 509 g/mol. The number of ether oxygens (including phenoxy) is 1. The lowest BCUT2D eigenvalue weighted by Crippen LogP contribution is -2.51. The number of nitrogens with zero attached hydrogens (tertiary/aromatic N) is 2. The molecule has 0 bridgehead atoms. The Labute approximate surface area is 212 Å². The van der Waals surface area contributed by atoms with E-state index in [2.05, 4.69) is 10.6 Å². The number of hydrogen-bond donors (Lipinski definition) is 2. The van der Waals surface area contributed by atoms with Gasteiger partial charge in [0, 0.05) is 38.7 Å². The molecule has 2 aromatic carbocycles. The van der Waals surface area contributed by atoms with Gasteiger partial charge in [-0.2, -0.15) is 0 Å². The van der Waals surface area contributed by atoms with E-state index in [1.807, 2.05) is 24.3 Å². The maximum atomic E-state index is 15.3. The van der Waals surface area contributed by atoms with Gasteiger partial charge in [0.2, 0.25) is 5.91 Å². The van der Waals surface area contributed by atoms with Crippen molar-refractivity contribution in [3.05, 3.63) is 59.2 Å². The first-order valence-electron chi connectivity index (χ1n) is 11.9. The number of halogens is 2. The van der Waals surface area contributed by atoms with E-state index in [1.165, 1.54) is 11.8 Å². The Hall–Kier alpha value is -3.05. The van der Waals surface area contributed by atoms with Gasteiger partial charge in [-0.3, -0.25) is 14.3 Å². The van der Waals surface area contributed by atoms with Crippen molar-refractivity contribution in [3.63, 3.8) is 0 Å². The summed E-state index contributed by atoms with van der Waals surface area (Å²) in [5.74, 6) is -2.82. The second-order valence-corrected chi connectivity index (χ2v) is 11.3. The van der Waals surface area contributed by atoms with E-state index in [1.54, 1.807) is 0 Å². The van der Waals surface area contributed by atoms with Gasteiger partial charge in [-0.25, -0.2) is 13.6 Å². The smallest absolute Gasteiger partial charge is 0.414 e. The lowest BCUT2D eigenvalue weighted by molar-refractivity contribution is -0.119. The van der Waals surface area contributed by atoms with Crippen LogP contribution in [-0.4, -0.2) is 56.6 Å². The molecule has 2 N–H and O–H groups in total. The molecule has 3 heterocycles. The van der Waals surface area contributed by atoms with Crippen LogP contribution in [0.25, 0.3) is 0 Å². The second-order valence-electron chi connectivity index (χ2n) is 9.08. The number of benzene rings is 2. The normalized spacial score (nSPS) is 23.3. The van der Waals surface area contributed by atoms with Crippen molar-refractivity contribution < 1.29 is 36.7 Å². The van der Waals surface area contributed by atoms with E-state index in [4.69, 9.17) is 13.8 Å². The van der Waals surface area contributed by atoms with Crippen molar-refractivity contribution >= 4 is 31.0 Å². The molecule has 2 amide bonds. The molecule has 0 radical (unpaired) electrons. The maximum absolute atomic E-state index is 15.3. The van der Waals surface area contributed by atoms with E-state index in [9.17, 15) is 14.2 Å². The number of piperazine rings is 1. The summed E-state index contributed by atoms with van der Waals surface area (Å²) in [6, 6.07) is 9.60. The highest BCUT2D eigenvalue weighted by Crippen LogP contribution is 2.55. The summed E-state index contributed by atoms with van der Waals surface area (Å²) in [5.41, 5.74) is 1.46. The largest absolute Gasteiger partial charge is 0.442 e. The number of hydrogen-bond acceptors (Lipinski definition) is 8. The first-order valence-corrected chi connectivity index (χ1v) is 13.5. The van der Waals surface area contributed by atoms with Gasteiger partial charge in [0.15, 0.2) is 11.6 Å². The third-order valence-corrected chi connectivity index (χ3v) is 8.62. The molecular formula is C24H27F2N4O6P. The number of anilines is 2. The van der Waals surface area contributed by atoms with Crippen molar-refractivity contribution in [1.82, 2.24) is 10.6 Å². The van der Waals surface area contributed by atoms with Crippen molar-refractivity contribution in [2.45, 2.75) is 32.0 Å². The van der Waals surface area contributed by atoms with Crippen LogP contribution in [-0.2, 0) is 36.4 Å². The minimum atomic E-state index is -3.66. The predicted octanol–water partition coefficient (Wildman–Crippen LogP) is 3.10. The van der Waals surface area contributed by atoms with Gasteiger partial charge < -0.3 is 29.3 Å². The molecule has 0 aromatic heterocycles. The Bertz CT molecular complexity index is 1210. The van der Waals surface area contributed by atoms with E-state index in [-0.39, 0.29) is 56.7 Å². The Morgan fingerprint density at radius 2 is 1.78 bits per heavy atom. The van der Waals surface area contributed by atoms with E-state index >= 15 is 8.78 Å². The van der Waals surface area contributed by atoms with Crippen LogP contribution in [0.3, 0.4) is 0 Å². The number of carbonyl (C=O) groups is 2. The number of cyclic esters (lactones) is 1. The molecule has 2 saturated heterocycles. The zero-order valence-corrected chi connectivity index (χ0v) is 21.0. The second kappa shape index (κ2) is 10.4. The van der Waals surface area contributed by atoms with Gasteiger partial charge in [0.05, 0.1) is 32.0 Å². The molecule has 13 heteroatoms. The summed E-state index contributed by atoms with van der Waals surface area (Å²) in [5, 5.41) is 5.66. The van der Waals surface area contributed by atoms with Crippen LogP contribution in [0.2, 0.25) is 0 Å². The average Bonchev–Trinajstić information content (AvgIpc) is 3.16. The topological polar surface area (TPSA) is 109 Å². The monoisotopic (exact) mass is 536 g/mol. The zero-order valence-electron chi connectivity index (χ0n) is 20.1. The Morgan fingerprint density at radius 3 is 2.41 bits per heavy atom. The van der Waals surface area contributed by atoms with E-state index in [0.29, 0.717) is 6.54 Å². The van der Waals surface area contributed by atoms with Crippen LogP contribution in [0.15, 0.2) is 36.4 Å². The molecule has 2 fully saturated rings. The van der Waals surface area contributed by atoms with Crippen molar-refractivity contribution in [2.24, 2.45) is 0 Å². The molecule has 3 aliphatic rings. The Kier molecular flexibility index (Phi) is 7.17. The summed E-state index contributed by atoms with van der Waals surface area (Å²) in [6.45, 7) is 2.24. The first kappa shape index (κ1) is 25.6. The zero-order chi connectivity index (χ0) is 26.2. The quantitative estimate of drug-likeness (QED) is 0.562. The van der Waals surface area contributed by atoms with Crippen molar-refractivity contribution in [1.29, 1.82) is 0 Å². The number of carbonyl (C=O) groups excluding carboxylic acids is 2. The fourth-order valence-corrected chi connectivity index (χ4v) is 6.45. The number of nitrogens with one attached hydrogen (secondary N) is 2. The number of rotatable bonds is 5.